The van der Waals surface area contributed by atoms with Crippen LogP contribution in [0.5, 0.6) is 0 Å². The number of thiazole rings is 1. The molecule has 2 N–H and O–H groups in total. The zero-order valence-corrected chi connectivity index (χ0v) is 18.1. The number of fused-ring (bicyclic) bond motifs is 1. The van der Waals surface area contributed by atoms with Crippen LogP contribution in [-0.4, -0.2) is 55.9 Å². The molecule has 1 fully saturated rings. The van der Waals surface area contributed by atoms with Crippen LogP contribution in [0.3, 0.4) is 0 Å². The monoisotopic (exact) mass is 449 g/mol. The molecule has 4 rings (SSSR count). The highest BCUT2D eigenvalue weighted by molar-refractivity contribution is 7.89. The Kier molecular flexibility index (Phi) is 5.76. The van der Waals surface area contributed by atoms with Gasteiger partial charge in [-0.1, -0.05) is 0 Å². The number of sulfonamides is 1. The number of carbonyl (C=O) groups excluding carboxylic acids is 2. The third kappa shape index (κ3) is 4.18. The van der Waals surface area contributed by atoms with Gasteiger partial charge in [0.05, 0.1) is 10.9 Å². The average molecular weight is 450 g/mol. The van der Waals surface area contributed by atoms with Gasteiger partial charge in [-0.25, -0.2) is 18.2 Å². The average Bonchev–Trinajstić information content (AvgIpc) is 3.47. The highest BCUT2D eigenvalue weighted by atomic mass is 32.2. The Balaban J connectivity index is 1.46. The standard InChI is InChI=1S/C19H23N5O4S2/c1-13(17(25)21-18-20-7-11-29-18)22-30(27,28)15-4-5-16-14(12-15)6-10-24(16)19(26)23-8-2-3-9-23/h4-5,7,11-13,22H,2-3,6,8-10H2,1H3,(H,20,21,25). The van der Waals surface area contributed by atoms with Crippen LogP contribution in [0.25, 0.3) is 0 Å². The predicted octanol–water partition coefficient (Wildman–Crippen LogP) is 2.03. The third-order valence-electron chi connectivity index (χ3n) is 5.25. The predicted molar refractivity (Wildman–Crippen MR) is 114 cm³/mol. The minimum atomic E-state index is -3.90. The molecule has 11 heteroatoms. The Morgan fingerprint density at radius 1 is 1.20 bits per heavy atom. The fraction of sp³-hybridized carbons (Fsp3) is 0.421. The summed E-state index contributed by atoms with van der Waals surface area (Å²) in [6.45, 7) is 3.54. The van der Waals surface area contributed by atoms with Crippen molar-refractivity contribution in [3.63, 3.8) is 0 Å². The molecule has 1 aromatic carbocycles. The van der Waals surface area contributed by atoms with Crippen molar-refractivity contribution in [1.29, 1.82) is 0 Å². The van der Waals surface area contributed by atoms with Crippen molar-refractivity contribution in [1.82, 2.24) is 14.6 Å². The molecule has 1 atom stereocenters. The number of carbonyl (C=O) groups is 2. The second kappa shape index (κ2) is 8.32. The van der Waals surface area contributed by atoms with Gasteiger partial charge in [0.1, 0.15) is 0 Å². The Morgan fingerprint density at radius 2 is 1.97 bits per heavy atom. The Bertz CT molecular complexity index is 1050. The minimum absolute atomic E-state index is 0.0209. The number of benzene rings is 1. The summed E-state index contributed by atoms with van der Waals surface area (Å²) in [5.74, 6) is -0.489. The maximum absolute atomic E-state index is 12.8. The van der Waals surface area contributed by atoms with Gasteiger partial charge < -0.3 is 10.2 Å². The number of nitrogens with zero attached hydrogens (tertiary/aromatic N) is 3. The van der Waals surface area contributed by atoms with Gasteiger partial charge in [0.2, 0.25) is 15.9 Å². The van der Waals surface area contributed by atoms with E-state index in [2.05, 4.69) is 15.0 Å². The molecule has 0 radical (unpaired) electrons. The van der Waals surface area contributed by atoms with Crippen LogP contribution >= 0.6 is 11.3 Å². The van der Waals surface area contributed by atoms with E-state index in [1.165, 1.54) is 24.3 Å². The largest absolute Gasteiger partial charge is 0.324 e. The van der Waals surface area contributed by atoms with Gasteiger partial charge in [0, 0.05) is 36.9 Å². The van der Waals surface area contributed by atoms with E-state index in [1.807, 2.05) is 4.90 Å². The van der Waals surface area contributed by atoms with Crippen LogP contribution in [0, 0.1) is 0 Å². The summed E-state index contributed by atoms with van der Waals surface area (Å²) >= 11 is 1.25. The SMILES string of the molecule is CC(NS(=O)(=O)c1ccc2c(c1)CCN2C(=O)N1CCCC1)C(=O)Nc1nccs1. The highest BCUT2D eigenvalue weighted by Crippen LogP contribution is 2.31. The summed E-state index contributed by atoms with van der Waals surface area (Å²) in [6, 6.07) is 3.74. The normalized spacial score (nSPS) is 17.1. The van der Waals surface area contributed by atoms with E-state index in [9.17, 15) is 18.0 Å². The van der Waals surface area contributed by atoms with Gasteiger partial charge in [0.15, 0.2) is 5.13 Å². The van der Waals surface area contributed by atoms with Crippen molar-refractivity contribution in [2.24, 2.45) is 0 Å². The van der Waals surface area contributed by atoms with Crippen molar-refractivity contribution >= 4 is 44.1 Å². The van der Waals surface area contributed by atoms with E-state index in [0.717, 1.165) is 37.2 Å². The molecule has 1 saturated heterocycles. The molecule has 0 spiro atoms. The molecule has 2 aromatic rings. The number of amides is 3. The summed E-state index contributed by atoms with van der Waals surface area (Å²) in [5, 5.41) is 4.70. The fourth-order valence-corrected chi connectivity index (χ4v) is 5.46. The molecule has 1 unspecified atom stereocenters. The number of hydrogen-bond donors (Lipinski definition) is 2. The molecular weight excluding hydrogens is 426 g/mol. The molecule has 3 amide bonds. The maximum Gasteiger partial charge on any atom is 0.324 e. The van der Waals surface area contributed by atoms with E-state index >= 15 is 0 Å². The number of anilines is 2. The van der Waals surface area contributed by atoms with Gasteiger partial charge in [-0.15, -0.1) is 11.3 Å². The molecule has 0 bridgehead atoms. The van der Waals surface area contributed by atoms with Gasteiger partial charge in [-0.05, 0) is 49.9 Å². The molecule has 0 aliphatic carbocycles. The van der Waals surface area contributed by atoms with E-state index in [0.29, 0.717) is 18.1 Å². The van der Waals surface area contributed by atoms with Crippen LogP contribution < -0.4 is 14.9 Å². The molecule has 160 valence electrons. The van der Waals surface area contributed by atoms with E-state index in [1.54, 1.807) is 28.6 Å². The van der Waals surface area contributed by atoms with E-state index < -0.39 is 22.0 Å². The molecule has 1 aromatic heterocycles. The number of rotatable bonds is 5. The van der Waals surface area contributed by atoms with Gasteiger partial charge >= 0.3 is 6.03 Å². The zero-order chi connectivity index (χ0) is 21.3. The van der Waals surface area contributed by atoms with Crippen LogP contribution in [0.15, 0.2) is 34.7 Å². The van der Waals surface area contributed by atoms with Crippen molar-refractivity contribution in [2.45, 2.75) is 37.1 Å². The van der Waals surface area contributed by atoms with Crippen LogP contribution in [0.4, 0.5) is 15.6 Å². The summed E-state index contributed by atoms with van der Waals surface area (Å²) in [5.41, 5.74) is 1.56. The van der Waals surface area contributed by atoms with Crippen molar-refractivity contribution in [3.8, 4) is 0 Å². The summed E-state index contributed by atoms with van der Waals surface area (Å²) < 4.78 is 28.0. The van der Waals surface area contributed by atoms with Gasteiger partial charge in [-0.2, -0.15) is 4.72 Å². The molecule has 2 aliphatic rings. The fourth-order valence-electron chi connectivity index (χ4n) is 3.68. The Labute approximate surface area is 179 Å². The van der Waals surface area contributed by atoms with Gasteiger partial charge in [-0.3, -0.25) is 9.69 Å². The number of urea groups is 1. The summed E-state index contributed by atoms with van der Waals surface area (Å²) in [7, 11) is -3.90. The van der Waals surface area contributed by atoms with E-state index in [4.69, 9.17) is 0 Å². The number of nitrogens with one attached hydrogen (secondary N) is 2. The lowest BCUT2D eigenvalue weighted by Crippen LogP contribution is -2.41. The first-order valence-electron chi connectivity index (χ1n) is 9.77. The second-order valence-corrected chi connectivity index (χ2v) is 9.95. The first kappa shape index (κ1) is 20.8. The minimum Gasteiger partial charge on any atom is -0.324 e. The quantitative estimate of drug-likeness (QED) is 0.725. The topological polar surface area (TPSA) is 112 Å². The van der Waals surface area contributed by atoms with Crippen LogP contribution in [0.1, 0.15) is 25.3 Å². The zero-order valence-electron chi connectivity index (χ0n) is 16.5. The van der Waals surface area contributed by atoms with Crippen molar-refractivity contribution in [3.05, 3.63) is 35.3 Å². The number of hydrogen-bond acceptors (Lipinski definition) is 6. The molecular formula is C19H23N5O4S2. The smallest absolute Gasteiger partial charge is 0.324 e. The van der Waals surface area contributed by atoms with Crippen molar-refractivity contribution < 1.29 is 18.0 Å². The van der Waals surface area contributed by atoms with Crippen molar-refractivity contribution in [2.75, 3.05) is 29.9 Å². The van der Waals surface area contributed by atoms with Crippen LogP contribution in [-0.2, 0) is 21.2 Å². The lowest BCUT2D eigenvalue weighted by molar-refractivity contribution is -0.117. The number of aromatic nitrogens is 1. The van der Waals surface area contributed by atoms with Crippen LogP contribution in [0.2, 0.25) is 0 Å². The third-order valence-corrected chi connectivity index (χ3v) is 7.48. The lowest BCUT2D eigenvalue weighted by Gasteiger charge is -2.24. The molecule has 9 nitrogen and oxygen atoms in total. The first-order valence-corrected chi connectivity index (χ1v) is 12.1. The Morgan fingerprint density at radius 3 is 2.67 bits per heavy atom. The maximum atomic E-state index is 12.8. The number of likely N-dealkylation sites (tertiary alicyclic amines) is 1. The lowest BCUT2D eigenvalue weighted by atomic mass is 10.2. The summed E-state index contributed by atoms with van der Waals surface area (Å²) in [4.78, 5) is 32.5. The van der Waals surface area contributed by atoms with Gasteiger partial charge in [0.25, 0.3) is 0 Å². The summed E-state index contributed by atoms with van der Waals surface area (Å²) in [6.07, 6.45) is 4.18. The molecule has 0 saturated carbocycles. The molecule has 30 heavy (non-hydrogen) atoms. The molecule has 2 aliphatic heterocycles. The Hall–Kier alpha value is -2.50. The first-order chi connectivity index (χ1) is 14.3. The molecule has 3 heterocycles. The van der Waals surface area contributed by atoms with E-state index in [-0.39, 0.29) is 10.9 Å². The second-order valence-electron chi connectivity index (χ2n) is 7.34. The highest BCUT2D eigenvalue weighted by Gasteiger charge is 2.31.